The first-order chi connectivity index (χ1) is 10.3. The fraction of sp³-hybridized carbons (Fsp3) is 0.467. The van der Waals surface area contributed by atoms with Crippen molar-refractivity contribution in [2.24, 2.45) is 0 Å². The van der Waals surface area contributed by atoms with Crippen molar-refractivity contribution in [1.82, 2.24) is 4.90 Å². The number of carboxylic acid groups (broad SMARTS) is 1. The van der Waals surface area contributed by atoms with Crippen LogP contribution in [0.1, 0.15) is 31.1 Å². The van der Waals surface area contributed by atoms with Crippen LogP contribution in [-0.4, -0.2) is 48.2 Å². The van der Waals surface area contributed by atoms with Gasteiger partial charge in [-0.25, -0.2) is 0 Å². The van der Waals surface area contributed by atoms with Crippen LogP contribution in [0.4, 0.5) is 0 Å². The van der Waals surface area contributed by atoms with Crippen molar-refractivity contribution < 1.29 is 24.2 Å². The minimum atomic E-state index is -1.06. The molecule has 0 saturated carbocycles. The van der Waals surface area contributed by atoms with Gasteiger partial charge in [-0.05, 0) is 48.8 Å². The fourth-order valence-corrected chi connectivity index (χ4v) is 2.48. The molecule has 0 unspecified atom stereocenters. The summed E-state index contributed by atoms with van der Waals surface area (Å²) < 4.78 is 11.3. The van der Waals surface area contributed by atoms with E-state index in [1.54, 1.807) is 26.0 Å². The van der Waals surface area contributed by atoms with Crippen LogP contribution in [0.5, 0.6) is 11.5 Å². The Kier molecular flexibility index (Phi) is 6.67. The number of halogens is 1. The quantitative estimate of drug-likeness (QED) is 0.794. The number of amides is 1. The average Bonchev–Trinajstić information content (AvgIpc) is 2.45. The molecule has 0 bridgehead atoms. The molecule has 1 rings (SSSR count). The number of benzene rings is 1. The molecule has 0 fully saturated rings. The highest BCUT2D eigenvalue weighted by atomic mass is 79.9. The van der Waals surface area contributed by atoms with Crippen molar-refractivity contribution in [2.75, 3.05) is 20.3 Å². The lowest BCUT2D eigenvalue weighted by atomic mass is 10.1. The Morgan fingerprint density at radius 2 is 2.00 bits per heavy atom. The van der Waals surface area contributed by atoms with Crippen LogP contribution in [0.2, 0.25) is 0 Å². The third kappa shape index (κ3) is 4.37. The molecule has 1 aromatic carbocycles. The summed E-state index contributed by atoms with van der Waals surface area (Å²) in [6.07, 6.45) is 0. The lowest BCUT2D eigenvalue weighted by molar-refractivity contribution is -0.138. The van der Waals surface area contributed by atoms with Crippen molar-refractivity contribution in [2.45, 2.75) is 26.8 Å². The second-order valence-corrected chi connectivity index (χ2v) is 5.70. The van der Waals surface area contributed by atoms with Crippen LogP contribution in [0.15, 0.2) is 16.6 Å². The van der Waals surface area contributed by atoms with E-state index in [0.717, 1.165) is 0 Å². The topological polar surface area (TPSA) is 76.1 Å². The Hall–Kier alpha value is -1.76. The Morgan fingerprint density at radius 1 is 1.36 bits per heavy atom. The summed E-state index contributed by atoms with van der Waals surface area (Å²) in [5, 5.41) is 8.95. The van der Waals surface area contributed by atoms with Crippen LogP contribution >= 0.6 is 15.9 Å². The number of aliphatic carboxylic acids is 1. The van der Waals surface area contributed by atoms with E-state index >= 15 is 0 Å². The van der Waals surface area contributed by atoms with E-state index in [9.17, 15) is 9.59 Å². The smallest absolute Gasteiger partial charge is 0.323 e. The Bertz CT molecular complexity index is 559. The van der Waals surface area contributed by atoms with E-state index in [1.807, 2.05) is 6.92 Å². The van der Waals surface area contributed by atoms with E-state index in [-0.39, 0.29) is 18.5 Å². The number of carboxylic acids is 1. The van der Waals surface area contributed by atoms with Crippen LogP contribution < -0.4 is 9.47 Å². The minimum absolute atomic E-state index is 0.236. The van der Waals surface area contributed by atoms with E-state index in [1.165, 1.54) is 12.0 Å². The second kappa shape index (κ2) is 8.03. The van der Waals surface area contributed by atoms with Gasteiger partial charge in [0.1, 0.15) is 6.54 Å². The van der Waals surface area contributed by atoms with Gasteiger partial charge in [-0.2, -0.15) is 0 Å². The fourth-order valence-electron chi connectivity index (χ4n) is 1.93. The Balaban J connectivity index is 3.22. The number of carbonyl (C=O) groups excluding carboxylic acids is 1. The highest BCUT2D eigenvalue weighted by Gasteiger charge is 2.23. The third-order valence-electron chi connectivity index (χ3n) is 2.95. The van der Waals surface area contributed by atoms with Crippen LogP contribution in [0.25, 0.3) is 0 Å². The Labute approximate surface area is 138 Å². The number of nitrogens with zero attached hydrogens (tertiary/aromatic N) is 1. The molecule has 0 atom stereocenters. The largest absolute Gasteiger partial charge is 0.493 e. The zero-order valence-electron chi connectivity index (χ0n) is 13.1. The van der Waals surface area contributed by atoms with Gasteiger partial charge in [0.2, 0.25) is 0 Å². The van der Waals surface area contributed by atoms with Gasteiger partial charge in [0.15, 0.2) is 11.5 Å². The van der Waals surface area contributed by atoms with Gasteiger partial charge in [0.05, 0.1) is 18.2 Å². The molecule has 0 aliphatic carbocycles. The average molecular weight is 374 g/mol. The summed E-state index contributed by atoms with van der Waals surface area (Å²) in [7, 11) is 1.48. The first-order valence-electron chi connectivity index (χ1n) is 6.84. The third-order valence-corrected chi connectivity index (χ3v) is 3.54. The summed E-state index contributed by atoms with van der Waals surface area (Å²) in [5.74, 6) is -0.507. The van der Waals surface area contributed by atoms with Crippen LogP contribution in [0.3, 0.4) is 0 Å². The van der Waals surface area contributed by atoms with E-state index in [4.69, 9.17) is 14.6 Å². The zero-order chi connectivity index (χ0) is 16.9. The lowest BCUT2D eigenvalue weighted by Gasteiger charge is -2.25. The normalized spacial score (nSPS) is 10.5. The summed E-state index contributed by atoms with van der Waals surface area (Å²) in [6, 6.07) is 2.92. The van der Waals surface area contributed by atoms with Gasteiger partial charge in [-0.15, -0.1) is 0 Å². The van der Waals surface area contributed by atoms with Crippen molar-refractivity contribution in [1.29, 1.82) is 0 Å². The van der Waals surface area contributed by atoms with Crippen LogP contribution in [-0.2, 0) is 4.79 Å². The maximum atomic E-state index is 12.6. The first kappa shape index (κ1) is 18.3. The number of ether oxygens (including phenoxy) is 2. The molecule has 0 aliphatic heterocycles. The van der Waals surface area contributed by atoms with Crippen molar-refractivity contribution in [3.8, 4) is 11.5 Å². The first-order valence-corrected chi connectivity index (χ1v) is 7.64. The number of hydrogen-bond acceptors (Lipinski definition) is 4. The molecular weight excluding hydrogens is 354 g/mol. The van der Waals surface area contributed by atoms with E-state index in [0.29, 0.717) is 28.1 Å². The number of carbonyl (C=O) groups is 2. The highest BCUT2D eigenvalue weighted by molar-refractivity contribution is 9.10. The molecular formula is C15H20BrNO5. The van der Waals surface area contributed by atoms with Gasteiger partial charge in [-0.3, -0.25) is 9.59 Å². The molecule has 7 heteroatoms. The highest BCUT2D eigenvalue weighted by Crippen LogP contribution is 2.37. The monoisotopic (exact) mass is 373 g/mol. The number of rotatable bonds is 7. The van der Waals surface area contributed by atoms with Crippen molar-refractivity contribution in [3.05, 3.63) is 22.2 Å². The van der Waals surface area contributed by atoms with Crippen molar-refractivity contribution >= 4 is 27.8 Å². The molecule has 0 saturated heterocycles. The molecule has 1 N–H and O–H groups in total. The van der Waals surface area contributed by atoms with Gasteiger partial charge in [0.25, 0.3) is 5.91 Å². The van der Waals surface area contributed by atoms with Gasteiger partial charge in [-0.1, -0.05) is 0 Å². The molecule has 0 aromatic heterocycles. The minimum Gasteiger partial charge on any atom is -0.493 e. The maximum absolute atomic E-state index is 12.6. The molecule has 22 heavy (non-hydrogen) atoms. The SMILES string of the molecule is CCOc1c(Br)cc(C(=O)N(CC(=O)O)C(C)C)cc1OC. The standard InChI is InChI=1S/C15H20BrNO5/c1-5-22-14-11(16)6-10(7-12(14)21-4)15(20)17(9(2)3)8-13(18)19/h6-7,9H,5,8H2,1-4H3,(H,18,19). The second-order valence-electron chi connectivity index (χ2n) is 4.84. The zero-order valence-corrected chi connectivity index (χ0v) is 14.6. The van der Waals surface area contributed by atoms with Crippen LogP contribution in [0, 0.1) is 0 Å². The van der Waals surface area contributed by atoms with Gasteiger partial charge >= 0.3 is 5.97 Å². The molecule has 122 valence electrons. The lowest BCUT2D eigenvalue weighted by Crippen LogP contribution is -2.40. The molecule has 6 nitrogen and oxygen atoms in total. The predicted molar refractivity (Wildman–Crippen MR) is 85.7 cm³/mol. The summed E-state index contributed by atoms with van der Waals surface area (Å²) in [5.41, 5.74) is 0.335. The molecule has 1 aromatic rings. The molecule has 0 radical (unpaired) electrons. The molecule has 0 aliphatic rings. The number of methoxy groups -OCH3 is 1. The van der Waals surface area contributed by atoms with Gasteiger partial charge < -0.3 is 19.5 Å². The predicted octanol–water partition coefficient (Wildman–Crippen LogP) is 2.79. The summed E-state index contributed by atoms with van der Waals surface area (Å²) in [6.45, 7) is 5.48. The van der Waals surface area contributed by atoms with Gasteiger partial charge in [0, 0.05) is 11.6 Å². The van der Waals surface area contributed by atoms with Crippen molar-refractivity contribution in [3.63, 3.8) is 0 Å². The number of hydrogen-bond donors (Lipinski definition) is 1. The molecule has 0 spiro atoms. The van der Waals surface area contributed by atoms with E-state index in [2.05, 4.69) is 15.9 Å². The summed E-state index contributed by atoms with van der Waals surface area (Å²) >= 11 is 3.35. The maximum Gasteiger partial charge on any atom is 0.323 e. The van der Waals surface area contributed by atoms with E-state index < -0.39 is 5.97 Å². The molecule has 1 amide bonds. The molecule has 0 heterocycles. The summed E-state index contributed by atoms with van der Waals surface area (Å²) in [4.78, 5) is 24.8. The Morgan fingerprint density at radius 3 is 2.45 bits per heavy atom.